The van der Waals surface area contributed by atoms with Gasteiger partial charge in [-0.2, -0.15) is 4.68 Å². The molecule has 0 atom stereocenters. The Labute approximate surface area is 177 Å². The van der Waals surface area contributed by atoms with Gasteiger partial charge in [0.2, 0.25) is 5.95 Å². The maximum Gasteiger partial charge on any atom is 0.253 e. The van der Waals surface area contributed by atoms with E-state index in [0.29, 0.717) is 42.8 Å². The van der Waals surface area contributed by atoms with Crippen LogP contribution in [0.15, 0.2) is 60.7 Å². The summed E-state index contributed by atoms with van der Waals surface area (Å²) in [4.78, 5) is 21.2. The van der Waals surface area contributed by atoms with E-state index >= 15 is 0 Å². The average Bonchev–Trinajstić information content (AvgIpc) is 3.29. The number of pyridine rings is 1. The fraction of sp³-hybridized carbons (Fsp3) is 0.190. The number of nitrogens with zero attached hydrogens (tertiary/aromatic N) is 7. The zero-order valence-corrected chi connectivity index (χ0v) is 16.8. The molecule has 0 saturated carbocycles. The molecule has 2 aromatic carbocycles. The lowest BCUT2D eigenvalue weighted by molar-refractivity contribution is 0.0746. The molecule has 0 spiro atoms. The monoisotopic (exact) mass is 419 g/mol. The molecule has 2 aromatic heterocycles. The molecule has 3 heterocycles. The molecular weight excluding hydrogens is 402 g/mol. The summed E-state index contributed by atoms with van der Waals surface area (Å²) in [5, 5.41) is 13.5. The smallest absolute Gasteiger partial charge is 0.253 e. The number of halogens is 1. The number of tetrazole rings is 1. The van der Waals surface area contributed by atoms with Gasteiger partial charge >= 0.3 is 0 Å². The molecule has 0 N–H and O–H groups in total. The number of aromatic nitrogens is 5. The molecule has 0 unspecified atom stereocenters. The van der Waals surface area contributed by atoms with Gasteiger partial charge in [-0.25, -0.2) is 4.98 Å². The number of benzene rings is 2. The lowest BCUT2D eigenvalue weighted by atomic mass is 10.1. The number of carbonyl (C=O) groups is 1. The number of anilines is 1. The summed E-state index contributed by atoms with van der Waals surface area (Å²) in [5.74, 6) is 0.691. The lowest BCUT2D eigenvalue weighted by Gasteiger charge is -2.34. The van der Waals surface area contributed by atoms with E-state index in [-0.39, 0.29) is 5.91 Å². The van der Waals surface area contributed by atoms with Crippen molar-refractivity contribution in [2.24, 2.45) is 0 Å². The Balaban J connectivity index is 1.30. The van der Waals surface area contributed by atoms with Crippen LogP contribution < -0.4 is 4.90 Å². The van der Waals surface area contributed by atoms with E-state index < -0.39 is 0 Å². The van der Waals surface area contributed by atoms with Gasteiger partial charge in [0.15, 0.2) is 0 Å². The van der Waals surface area contributed by atoms with Gasteiger partial charge in [0, 0.05) is 37.1 Å². The first-order chi connectivity index (χ1) is 14.7. The molecule has 1 amide bonds. The van der Waals surface area contributed by atoms with Crippen LogP contribution in [0.2, 0.25) is 5.15 Å². The third-order valence-electron chi connectivity index (χ3n) is 5.21. The Morgan fingerprint density at radius 2 is 1.73 bits per heavy atom. The second-order valence-electron chi connectivity index (χ2n) is 7.05. The number of amides is 1. The van der Waals surface area contributed by atoms with Gasteiger partial charge in [-0.05, 0) is 52.9 Å². The van der Waals surface area contributed by atoms with Gasteiger partial charge in [0.05, 0.1) is 11.2 Å². The average molecular weight is 420 g/mol. The van der Waals surface area contributed by atoms with E-state index in [1.54, 1.807) is 16.8 Å². The van der Waals surface area contributed by atoms with Gasteiger partial charge in [-0.3, -0.25) is 4.79 Å². The van der Waals surface area contributed by atoms with E-state index in [9.17, 15) is 4.79 Å². The van der Waals surface area contributed by atoms with E-state index in [4.69, 9.17) is 11.6 Å². The van der Waals surface area contributed by atoms with Gasteiger partial charge in [-0.1, -0.05) is 34.9 Å². The van der Waals surface area contributed by atoms with Gasteiger partial charge in [0.1, 0.15) is 5.15 Å². The van der Waals surface area contributed by atoms with Crippen molar-refractivity contribution in [3.8, 4) is 5.69 Å². The minimum Gasteiger partial charge on any atom is -0.336 e. The zero-order valence-electron chi connectivity index (χ0n) is 16.0. The minimum atomic E-state index is 0.00847. The first-order valence-corrected chi connectivity index (χ1v) is 10.0. The third-order valence-corrected chi connectivity index (χ3v) is 5.42. The number of para-hydroxylation sites is 1. The van der Waals surface area contributed by atoms with Crippen LogP contribution in [0.1, 0.15) is 10.4 Å². The summed E-state index contributed by atoms with van der Waals surface area (Å²) in [5.41, 5.74) is 2.33. The first kappa shape index (κ1) is 18.5. The largest absolute Gasteiger partial charge is 0.336 e. The summed E-state index contributed by atoms with van der Waals surface area (Å²) in [7, 11) is 0. The van der Waals surface area contributed by atoms with Crippen LogP contribution in [0.3, 0.4) is 0 Å². The molecule has 1 saturated heterocycles. The van der Waals surface area contributed by atoms with Crippen molar-refractivity contribution < 1.29 is 4.79 Å². The fourth-order valence-corrected chi connectivity index (χ4v) is 3.80. The lowest BCUT2D eigenvalue weighted by Crippen LogP contribution is -2.49. The Hall–Kier alpha value is -3.52. The number of fused-ring (bicyclic) bond motifs is 1. The van der Waals surface area contributed by atoms with E-state index in [0.717, 1.165) is 16.6 Å². The van der Waals surface area contributed by atoms with Crippen molar-refractivity contribution in [3.05, 3.63) is 71.4 Å². The Kier molecular flexibility index (Phi) is 4.76. The highest BCUT2D eigenvalue weighted by molar-refractivity contribution is 6.29. The predicted molar refractivity (Wildman–Crippen MR) is 114 cm³/mol. The molecule has 4 aromatic rings. The number of carbonyl (C=O) groups excluding carboxylic acids is 1. The molecular formula is C21H18ClN7O. The summed E-state index contributed by atoms with van der Waals surface area (Å²) >= 11 is 5.94. The fourth-order valence-electron chi connectivity index (χ4n) is 3.64. The quantitative estimate of drug-likeness (QED) is 0.475. The standard InChI is InChI=1S/C21H18ClN7O/c22-19-9-7-15-14-16(6-8-18(15)23-19)20(30)27-10-12-28(13-11-27)21-24-25-26-29(21)17-4-2-1-3-5-17/h1-9,14H,10-13H2. The molecule has 0 aliphatic carbocycles. The van der Waals surface area contributed by atoms with Gasteiger partial charge < -0.3 is 9.80 Å². The highest BCUT2D eigenvalue weighted by Crippen LogP contribution is 2.20. The van der Waals surface area contributed by atoms with Crippen molar-refractivity contribution in [3.63, 3.8) is 0 Å². The van der Waals surface area contributed by atoms with Crippen LogP contribution >= 0.6 is 11.6 Å². The Morgan fingerprint density at radius 1 is 0.933 bits per heavy atom. The van der Waals surface area contributed by atoms with Crippen molar-refractivity contribution >= 4 is 34.4 Å². The number of hydrogen-bond acceptors (Lipinski definition) is 6. The van der Waals surface area contributed by atoms with Crippen LogP contribution in [0.5, 0.6) is 0 Å². The summed E-state index contributed by atoms with van der Waals surface area (Å²) in [6.07, 6.45) is 0. The highest BCUT2D eigenvalue weighted by atomic mass is 35.5. The summed E-state index contributed by atoms with van der Waals surface area (Å²) in [6, 6.07) is 18.9. The van der Waals surface area contributed by atoms with Gasteiger partial charge in [0.25, 0.3) is 5.91 Å². The number of piperazine rings is 1. The first-order valence-electron chi connectivity index (χ1n) is 9.63. The number of rotatable bonds is 3. The normalized spacial score (nSPS) is 14.3. The topological polar surface area (TPSA) is 80.0 Å². The molecule has 8 nitrogen and oxygen atoms in total. The Morgan fingerprint density at radius 3 is 2.53 bits per heavy atom. The molecule has 1 aliphatic rings. The minimum absolute atomic E-state index is 0.00847. The second kappa shape index (κ2) is 7.72. The predicted octanol–water partition coefficient (Wildman–Crippen LogP) is 2.83. The van der Waals surface area contributed by atoms with Crippen molar-refractivity contribution in [1.82, 2.24) is 30.1 Å². The SMILES string of the molecule is O=C(c1ccc2nc(Cl)ccc2c1)N1CCN(c2nnnn2-c2ccccc2)CC1. The van der Waals surface area contributed by atoms with Crippen molar-refractivity contribution in [2.45, 2.75) is 0 Å². The van der Waals surface area contributed by atoms with Crippen LogP contribution in [-0.4, -0.2) is 62.2 Å². The van der Waals surface area contributed by atoms with E-state index in [2.05, 4.69) is 25.4 Å². The van der Waals surface area contributed by atoms with Gasteiger partial charge in [-0.15, -0.1) is 0 Å². The van der Waals surface area contributed by atoms with Crippen LogP contribution in [0, 0.1) is 0 Å². The summed E-state index contributed by atoms with van der Waals surface area (Å²) < 4.78 is 1.72. The third kappa shape index (κ3) is 3.46. The maximum atomic E-state index is 13.0. The number of hydrogen-bond donors (Lipinski definition) is 0. The summed E-state index contributed by atoms with van der Waals surface area (Å²) in [6.45, 7) is 2.50. The molecule has 1 aliphatic heterocycles. The molecule has 30 heavy (non-hydrogen) atoms. The Bertz CT molecular complexity index is 1200. The molecule has 0 bridgehead atoms. The van der Waals surface area contributed by atoms with Crippen molar-refractivity contribution in [1.29, 1.82) is 0 Å². The highest BCUT2D eigenvalue weighted by Gasteiger charge is 2.25. The van der Waals surface area contributed by atoms with Crippen LogP contribution in [0.25, 0.3) is 16.6 Å². The van der Waals surface area contributed by atoms with E-state index in [1.165, 1.54) is 0 Å². The molecule has 9 heteroatoms. The molecule has 0 radical (unpaired) electrons. The van der Waals surface area contributed by atoms with Crippen LogP contribution in [0.4, 0.5) is 5.95 Å². The van der Waals surface area contributed by atoms with Crippen molar-refractivity contribution in [2.75, 3.05) is 31.1 Å². The maximum absolute atomic E-state index is 13.0. The van der Waals surface area contributed by atoms with Crippen LogP contribution in [-0.2, 0) is 0 Å². The zero-order chi connectivity index (χ0) is 20.5. The molecule has 1 fully saturated rings. The second-order valence-corrected chi connectivity index (χ2v) is 7.43. The molecule has 5 rings (SSSR count). The molecule has 150 valence electrons. The van der Waals surface area contributed by atoms with E-state index in [1.807, 2.05) is 53.4 Å².